The molecule has 0 aromatic carbocycles. The van der Waals surface area contributed by atoms with E-state index in [9.17, 15) is 5.11 Å². The molecule has 0 bridgehead atoms. The van der Waals surface area contributed by atoms with E-state index in [-0.39, 0.29) is 6.10 Å². The maximum atomic E-state index is 9.91. The van der Waals surface area contributed by atoms with Gasteiger partial charge in [0.05, 0.1) is 6.10 Å². The summed E-state index contributed by atoms with van der Waals surface area (Å²) in [7, 11) is 1.73. The largest absolute Gasteiger partial charge is 0.384 e. The molecule has 0 aliphatic carbocycles. The Morgan fingerprint density at radius 3 is 2.71 bits per heavy atom. The zero-order valence-corrected chi connectivity index (χ0v) is 10.0. The summed E-state index contributed by atoms with van der Waals surface area (Å²) in [5.41, 5.74) is 0.631. The molecule has 1 heterocycles. The van der Waals surface area contributed by atoms with Crippen LogP contribution in [0.1, 0.15) is 25.6 Å². The second-order valence-corrected chi connectivity index (χ2v) is 3.75. The van der Waals surface area contributed by atoms with E-state index in [1.807, 2.05) is 13.8 Å². The number of ether oxygens (including phenoxy) is 1. The molecule has 0 fully saturated rings. The predicted molar refractivity (Wildman–Crippen MR) is 54.8 cm³/mol. The lowest BCUT2D eigenvalue weighted by atomic mass is 10.2. The Morgan fingerprint density at radius 1 is 1.64 bits per heavy atom. The average Bonchev–Trinajstić information content (AvgIpc) is 2.46. The fourth-order valence-corrected chi connectivity index (χ4v) is 1.79. The summed E-state index contributed by atoms with van der Waals surface area (Å²) in [6, 6.07) is 0. The molecule has 0 saturated carbocycles. The Morgan fingerprint density at radius 2 is 2.29 bits per heavy atom. The van der Waals surface area contributed by atoms with Crippen molar-refractivity contribution in [3.05, 3.63) is 10.3 Å². The summed E-state index contributed by atoms with van der Waals surface area (Å²) >= 11 is 3.23. The van der Waals surface area contributed by atoms with Gasteiger partial charge in [-0.15, -0.1) is 5.10 Å². The molecule has 0 radical (unpaired) electrons. The summed E-state index contributed by atoms with van der Waals surface area (Å²) in [5, 5.41) is 17.5. The molecule has 14 heavy (non-hydrogen) atoms. The van der Waals surface area contributed by atoms with E-state index in [0.29, 0.717) is 16.9 Å². The van der Waals surface area contributed by atoms with Gasteiger partial charge in [0.1, 0.15) is 11.8 Å². The van der Waals surface area contributed by atoms with E-state index in [1.54, 1.807) is 7.05 Å². The third-order valence-corrected chi connectivity index (χ3v) is 2.55. The zero-order valence-electron chi connectivity index (χ0n) is 8.44. The van der Waals surface area contributed by atoms with Crippen molar-refractivity contribution < 1.29 is 9.84 Å². The summed E-state index contributed by atoms with van der Waals surface area (Å²) in [6.45, 7) is 4.27. The number of rotatable bonds is 4. The van der Waals surface area contributed by atoms with Crippen molar-refractivity contribution in [1.82, 2.24) is 15.0 Å². The molecular weight excluding hydrogens is 250 g/mol. The number of aliphatic hydroxyl groups is 1. The standard InChI is InChI=1S/C8H14BrN3O2/c1-4-14-5(2)7(13)6-8(9)10-11-12(6)3/h5,7,13H,4H2,1-3H3. The highest BCUT2D eigenvalue weighted by atomic mass is 79.9. The molecule has 2 unspecified atom stereocenters. The lowest BCUT2D eigenvalue weighted by molar-refractivity contribution is -0.0265. The van der Waals surface area contributed by atoms with Crippen LogP contribution < -0.4 is 0 Å². The first-order valence-corrected chi connectivity index (χ1v) is 5.22. The van der Waals surface area contributed by atoms with Gasteiger partial charge >= 0.3 is 0 Å². The second kappa shape index (κ2) is 4.86. The van der Waals surface area contributed by atoms with Crippen LogP contribution in [0.2, 0.25) is 0 Å². The van der Waals surface area contributed by atoms with Gasteiger partial charge in [-0.1, -0.05) is 5.21 Å². The number of aromatic nitrogens is 3. The first kappa shape index (κ1) is 11.6. The maximum Gasteiger partial charge on any atom is 0.154 e. The highest BCUT2D eigenvalue weighted by Gasteiger charge is 2.23. The van der Waals surface area contributed by atoms with Crippen molar-refractivity contribution in [3.63, 3.8) is 0 Å². The molecule has 0 amide bonds. The predicted octanol–water partition coefficient (Wildman–Crippen LogP) is 1.04. The fraction of sp³-hybridized carbons (Fsp3) is 0.750. The van der Waals surface area contributed by atoms with E-state index in [2.05, 4.69) is 26.2 Å². The quantitative estimate of drug-likeness (QED) is 0.882. The van der Waals surface area contributed by atoms with Crippen LogP contribution in [0.25, 0.3) is 0 Å². The van der Waals surface area contributed by atoms with Gasteiger partial charge in [-0.05, 0) is 29.8 Å². The number of hydrogen-bond donors (Lipinski definition) is 1. The maximum absolute atomic E-state index is 9.91. The number of hydrogen-bond acceptors (Lipinski definition) is 4. The number of halogens is 1. The van der Waals surface area contributed by atoms with Crippen LogP contribution in [0.5, 0.6) is 0 Å². The van der Waals surface area contributed by atoms with Crippen molar-refractivity contribution in [2.75, 3.05) is 6.61 Å². The van der Waals surface area contributed by atoms with Crippen molar-refractivity contribution in [3.8, 4) is 0 Å². The van der Waals surface area contributed by atoms with Gasteiger partial charge in [-0.2, -0.15) is 0 Å². The van der Waals surface area contributed by atoms with Gasteiger partial charge < -0.3 is 9.84 Å². The van der Waals surface area contributed by atoms with Crippen molar-refractivity contribution in [1.29, 1.82) is 0 Å². The van der Waals surface area contributed by atoms with Gasteiger partial charge in [0, 0.05) is 13.7 Å². The molecule has 1 rings (SSSR count). The van der Waals surface area contributed by atoms with Gasteiger partial charge in [-0.3, -0.25) is 0 Å². The molecule has 0 spiro atoms. The zero-order chi connectivity index (χ0) is 10.7. The van der Waals surface area contributed by atoms with Crippen LogP contribution in [0.15, 0.2) is 4.60 Å². The summed E-state index contributed by atoms with van der Waals surface area (Å²) in [4.78, 5) is 0. The fourth-order valence-electron chi connectivity index (χ4n) is 1.23. The SMILES string of the molecule is CCOC(C)C(O)c1c(Br)nnn1C. The minimum Gasteiger partial charge on any atom is -0.384 e. The Hall–Kier alpha value is -0.460. The molecule has 1 N–H and O–H groups in total. The number of nitrogens with zero attached hydrogens (tertiary/aromatic N) is 3. The Labute approximate surface area is 91.2 Å². The van der Waals surface area contributed by atoms with Gasteiger partial charge in [-0.25, -0.2) is 4.68 Å². The molecular formula is C8H14BrN3O2. The topological polar surface area (TPSA) is 60.2 Å². The highest BCUT2D eigenvalue weighted by molar-refractivity contribution is 9.10. The molecule has 1 aromatic heterocycles. The Kier molecular flexibility index (Phi) is 4.03. The minimum atomic E-state index is -0.718. The molecule has 6 heteroatoms. The van der Waals surface area contributed by atoms with Crippen LogP contribution in [-0.4, -0.2) is 32.8 Å². The first-order valence-electron chi connectivity index (χ1n) is 4.42. The molecule has 0 saturated heterocycles. The van der Waals surface area contributed by atoms with E-state index in [0.717, 1.165) is 0 Å². The van der Waals surface area contributed by atoms with Crippen molar-refractivity contribution >= 4 is 15.9 Å². The van der Waals surface area contributed by atoms with Crippen LogP contribution in [0.4, 0.5) is 0 Å². The van der Waals surface area contributed by atoms with Gasteiger partial charge in [0.25, 0.3) is 0 Å². The van der Waals surface area contributed by atoms with E-state index >= 15 is 0 Å². The average molecular weight is 264 g/mol. The van der Waals surface area contributed by atoms with Crippen LogP contribution in [-0.2, 0) is 11.8 Å². The highest BCUT2D eigenvalue weighted by Crippen LogP contribution is 2.24. The first-order chi connectivity index (χ1) is 6.57. The van der Waals surface area contributed by atoms with E-state index in [1.165, 1.54) is 4.68 Å². The summed E-state index contributed by atoms with van der Waals surface area (Å²) in [5.74, 6) is 0. The molecule has 80 valence electrons. The van der Waals surface area contributed by atoms with E-state index in [4.69, 9.17) is 4.74 Å². The van der Waals surface area contributed by atoms with Crippen molar-refractivity contribution in [2.24, 2.45) is 7.05 Å². The van der Waals surface area contributed by atoms with Gasteiger partial charge in [0.2, 0.25) is 0 Å². The molecule has 0 aliphatic heterocycles. The molecule has 2 atom stereocenters. The van der Waals surface area contributed by atoms with Crippen molar-refractivity contribution in [2.45, 2.75) is 26.1 Å². The number of aliphatic hydroxyl groups excluding tert-OH is 1. The lowest BCUT2D eigenvalue weighted by Crippen LogP contribution is -2.21. The normalized spacial score (nSPS) is 15.5. The smallest absolute Gasteiger partial charge is 0.154 e. The minimum absolute atomic E-state index is 0.270. The van der Waals surface area contributed by atoms with E-state index < -0.39 is 6.10 Å². The Bertz CT molecular complexity index is 283. The van der Waals surface area contributed by atoms with Crippen LogP contribution >= 0.6 is 15.9 Å². The van der Waals surface area contributed by atoms with Crippen LogP contribution in [0.3, 0.4) is 0 Å². The third kappa shape index (κ3) is 2.31. The molecule has 1 aromatic rings. The summed E-state index contributed by atoms with van der Waals surface area (Å²) < 4.78 is 7.38. The molecule has 5 nitrogen and oxygen atoms in total. The van der Waals surface area contributed by atoms with Gasteiger partial charge in [0.15, 0.2) is 4.60 Å². The molecule has 0 aliphatic rings. The third-order valence-electron chi connectivity index (χ3n) is 1.98. The summed E-state index contributed by atoms with van der Waals surface area (Å²) in [6.07, 6.45) is -0.988. The lowest BCUT2D eigenvalue weighted by Gasteiger charge is -2.18. The monoisotopic (exact) mass is 263 g/mol. The Balaban J connectivity index is 2.82. The van der Waals surface area contributed by atoms with Crippen LogP contribution in [0, 0.1) is 0 Å². The number of aryl methyl sites for hydroxylation is 1. The second-order valence-electron chi connectivity index (χ2n) is 2.99.